The number of ether oxygens (including phenoxy) is 2. The predicted octanol–water partition coefficient (Wildman–Crippen LogP) is 6.21. The van der Waals surface area contributed by atoms with Crippen molar-refractivity contribution in [3.05, 3.63) is 89.1 Å². The minimum Gasteiger partial charge on any atom is -0.456 e. The van der Waals surface area contributed by atoms with Crippen LogP contribution in [0.2, 0.25) is 0 Å². The highest BCUT2D eigenvalue weighted by Gasteiger charge is 2.21. The SMILES string of the molecule is COCCNC(=O)c1ccc2c(c1)c(C(C)C)nn2Cc1ccc(-c2ccccc2C(=O)OC(C)(C)C)cc1. The van der Waals surface area contributed by atoms with Crippen molar-refractivity contribution in [1.82, 2.24) is 15.1 Å². The van der Waals surface area contributed by atoms with Crippen molar-refractivity contribution < 1.29 is 19.1 Å². The van der Waals surface area contributed by atoms with Crippen molar-refractivity contribution in [2.45, 2.75) is 52.7 Å². The first-order valence-electron chi connectivity index (χ1n) is 13.3. The Bertz CT molecular complexity index is 1460. The molecule has 4 aromatic rings. The molecule has 0 fully saturated rings. The zero-order valence-electron chi connectivity index (χ0n) is 23.6. The topological polar surface area (TPSA) is 82.5 Å². The van der Waals surface area contributed by atoms with Gasteiger partial charge in [-0.05, 0) is 67.6 Å². The van der Waals surface area contributed by atoms with E-state index in [0.717, 1.165) is 33.3 Å². The zero-order valence-corrected chi connectivity index (χ0v) is 23.6. The van der Waals surface area contributed by atoms with E-state index in [2.05, 4.69) is 31.3 Å². The first-order valence-corrected chi connectivity index (χ1v) is 13.3. The minimum absolute atomic E-state index is 0.126. The Morgan fingerprint density at radius 2 is 1.72 bits per heavy atom. The lowest BCUT2D eigenvalue weighted by Gasteiger charge is -2.20. The lowest BCUT2D eigenvalue weighted by Crippen LogP contribution is -2.26. The van der Waals surface area contributed by atoms with Crippen LogP contribution in [-0.4, -0.2) is 47.5 Å². The van der Waals surface area contributed by atoms with Crippen molar-refractivity contribution in [1.29, 1.82) is 0 Å². The average Bonchev–Trinajstić information content (AvgIpc) is 3.26. The molecule has 7 nitrogen and oxygen atoms in total. The van der Waals surface area contributed by atoms with Gasteiger partial charge >= 0.3 is 5.97 Å². The van der Waals surface area contributed by atoms with Gasteiger partial charge in [0.15, 0.2) is 0 Å². The molecule has 1 aromatic heterocycles. The van der Waals surface area contributed by atoms with Crippen LogP contribution in [0.1, 0.15) is 72.5 Å². The van der Waals surface area contributed by atoms with E-state index in [4.69, 9.17) is 14.6 Å². The van der Waals surface area contributed by atoms with Crippen LogP contribution < -0.4 is 5.32 Å². The van der Waals surface area contributed by atoms with Gasteiger partial charge in [0.05, 0.1) is 29.9 Å². The summed E-state index contributed by atoms with van der Waals surface area (Å²) < 4.78 is 12.6. The van der Waals surface area contributed by atoms with E-state index >= 15 is 0 Å². The number of rotatable bonds is 9. The molecule has 7 heteroatoms. The van der Waals surface area contributed by atoms with Crippen LogP contribution in [0.5, 0.6) is 0 Å². The van der Waals surface area contributed by atoms with Gasteiger partial charge in [0.2, 0.25) is 0 Å². The monoisotopic (exact) mass is 527 g/mol. The van der Waals surface area contributed by atoms with E-state index in [9.17, 15) is 9.59 Å². The quantitative estimate of drug-likeness (QED) is 0.207. The number of hydrogen-bond donors (Lipinski definition) is 1. The molecular weight excluding hydrogens is 490 g/mol. The molecule has 0 saturated heterocycles. The van der Waals surface area contributed by atoms with Crippen molar-refractivity contribution in [2.24, 2.45) is 0 Å². The van der Waals surface area contributed by atoms with Crippen LogP contribution in [0, 0.1) is 0 Å². The average molecular weight is 528 g/mol. The molecule has 0 radical (unpaired) electrons. The summed E-state index contributed by atoms with van der Waals surface area (Å²) in [6.45, 7) is 11.3. The number of carbonyl (C=O) groups excluding carboxylic acids is 2. The number of fused-ring (bicyclic) bond motifs is 1. The lowest BCUT2D eigenvalue weighted by atomic mass is 9.98. The summed E-state index contributed by atoms with van der Waals surface area (Å²) in [5, 5.41) is 8.78. The summed E-state index contributed by atoms with van der Waals surface area (Å²) in [6.07, 6.45) is 0. The van der Waals surface area contributed by atoms with Gasteiger partial charge in [-0.1, -0.05) is 56.3 Å². The zero-order chi connectivity index (χ0) is 28.2. The van der Waals surface area contributed by atoms with E-state index in [1.165, 1.54) is 0 Å². The van der Waals surface area contributed by atoms with Crippen molar-refractivity contribution in [2.75, 3.05) is 20.3 Å². The van der Waals surface area contributed by atoms with E-state index < -0.39 is 5.60 Å². The Kier molecular flexibility index (Phi) is 8.51. The van der Waals surface area contributed by atoms with Gasteiger partial charge in [-0.3, -0.25) is 9.48 Å². The van der Waals surface area contributed by atoms with Crippen molar-refractivity contribution in [3.63, 3.8) is 0 Å². The fraction of sp³-hybridized carbons (Fsp3) is 0.344. The Balaban J connectivity index is 1.59. The van der Waals surface area contributed by atoms with Gasteiger partial charge in [-0.2, -0.15) is 5.10 Å². The molecule has 0 unspecified atom stereocenters. The molecule has 0 bridgehead atoms. The van der Waals surface area contributed by atoms with Gasteiger partial charge in [0, 0.05) is 24.6 Å². The second-order valence-electron chi connectivity index (χ2n) is 10.9. The van der Waals surface area contributed by atoms with Gasteiger partial charge in [0.25, 0.3) is 5.91 Å². The summed E-state index contributed by atoms with van der Waals surface area (Å²) in [6, 6.07) is 21.4. The first kappa shape index (κ1) is 28.0. The molecule has 3 aromatic carbocycles. The molecule has 0 atom stereocenters. The highest BCUT2D eigenvalue weighted by molar-refractivity contribution is 5.99. The fourth-order valence-electron chi connectivity index (χ4n) is 4.47. The molecule has 1 heterocycles. The van der Waals surface area contributed by atoms with Crippen molar-refractivity contribution in [3.8, 4) is 11.1 Å². The highest BCUT2D eigenvalue weighted by atomic mass is 16.6. The fourth-order valence-corrected chi connectivity index (χ4v) is 4.47. The molecule has 0 aliphatic rings. The standard InChI is InChI=1S/C32H37N3O4/c1-21(2)29-27-19-24(30(36)33-17-18-38-6)15-16-28(27)35(34-29)20-22-11-13-23(14-12-22)25-9-7-8-10-26(25)31(37)39-32(3,4)5/h7-16,19,21H,17-18,20H2,1-6H3,(H,33,36). The number of benzene rings is 3. The summed E-state index contributed by atoms with van der Waals surface area (Å²) in [7, 11) is 1.61. The van der Waals surface area contributed by atoms with Crippen LogP contribution in [0.25, 0.3) is 22.0 Å². The molecule has 0 saturated carbocycles. The number of amides is 1. The lowest BCUT2D eigenvalue weighted by molar-refractivity contribution is 0.00703. The Hall–Kier alpha value is -3.97. The van der Waals surface area contributed by atoms with Gasteiger partial charge < -0.3 is 14.8 Å². The smallest absolute Gasteiger partial charge is 0.339 e. The van der Waals surface area contributed by atoms with Gasteiger partial charge in [-0.25, -0.2) is 4.79 Å². The Labute approximate surface area is 230 Å². The van der Waals surface area contributed by atoms with E-state index in [0.29, 0.717) is 30.8 Å². The largest absolute Gasteiger partial charge is 0.456 e. The molecule has 204 valence electrons. The highest BCUT2D eigenvalue weighted by Crippen LogP contribution is 2.29. The van der Waals surface area contributed by atoms with Crippen LogP contribution in [-0.2, 0) is 16.0 Å². The summed E-state index contributed by atoms with van der Waals surface area (Å²) in [5.74, 6) is -0.260. The van der Waals surface area contributed by atoms with E-state index in [1.54, 1.807) is 13.2 Å². The molecule has 0 aliphatic heterocycles. The third-order valence-corrected chi connectivity index (χ3v) is 6.32. The Morgan fingerprint density at radius 3 is 2.38 bits per heavy atom. The molecular formula is C32H37N3O4. The number of methoxy groups -OCH3 is 1. The van der Waals surface area contributed by atoms with Crippen molar-refractivity contribution >= 4 is 22.8 Å². The normalized spacial score (nSPS) is 11.7. The third-order valence-electron chi connectivity index (χ3n) is 6.32. The van der Waals surface area contributed by atoms with Crippen LogP contribution in [0.3, 0.4) is 0 Å². The molecule has 0 spiro atoms. The van der Waals surface area contributed by atoms with E-state index in [-0.39, 0.29) is 17.8 Å². The summed E-state index contributed by atoms with van der Waals surface area (Å²) in [5.41, 5.74) is 5.37. The maximum atomic E-state index is 12.8. The molecule has 1 amide bonds. The second-order valence-corrected chi connectivity index (χ2v) is 10.9. The molecule has 1 N–H and O–H groups in total. The number of carbonyl (C=O) groups is 2. The molecule has 0 aliphatic carbocycles. The van der Waals surface area contributed by atoms with E-state index in [1.807, 2.05) is 74.0 Å². The minimum atomic E-state index is -0.565. The predicted molar refractivity (Wildman–Crippen MR) is 154 cm³/mol. The third kappa shape index (κ3) is 6.73. The first-order chi connectivity index (χ1) is 18.6. The van der Waals surface area contributed by atoms with Crippen LogP contribution in [0.15, 0.2) is 66.7 Å². The van der Waals surface area contributed by atoms with Crippen LogP contribution >= 0.6 is 0 Å². The van der Waals surface area contributed by atoms with Gasteiger partial charge in [0.1, 0.15) is 5.60 Å². The second kappa shape index (κ2) is 11.8. The number of hydrogen-bond acceptors (Lipinski definition) is 5. The Morgan fingerprint density at radius 1 is 1.00 bits per heavy atom. The number of aromatic nitrogens is 2. The van der Waals surface area contributed by atoms with Crippen LogP contribution in [0.4, 0.5) is 0 Å². The maximum absolute atomic E-state index is 12.8. The maximum Gasteiger partial charge on any atom is 0.339 e. The molecule has 39 heavy (non-hydrogen) atoms. The number of esters is 1. The molecule has 4 rings (SSSR count). The summed E-state index contributed by atoms with van der Waals surface area (Å²) in [4.78, 5) is 25.4. The summed E-state index contributed by atoms with van der Waals surface area (Å²) >= 11 is 0. The number of nitrogens with one attached hydrogen (secondary N) is 1. The number of nitrogens with zero attached hydrogens (tertiary/aromatic N) is 2. The van der Waals surface area contributed by atoms with Gasteiger partial charge in [-0.15, -0.1) is 0 Å².